The van der Waals surface area contributed by atoms with Crippen LogP contribution in [-0.2, 0) is 4.79 Å². The molecule has 0 spiro atoms. The van der Waals surface area contributed by atoms with Crippen LogP contribution < -0.4 is 10.6 Å². The average molecular weight is 493 g/mol. The van der Waals surface area contributed by atoms with E-state index in [0.717, 1.165) is 57.4 Å². The van der Waals surface area contributed by atoms with Crippen molar-refractivity contribution in [1.29, 1.82) is 0 Å². The van der Waals surface area contributed by atoms with E-state index in [0.29, 0.717) is 12.3 Å². The van der Waals surface area contributed by atoms with Crippen molar-refractivity contribution in [2.75, 3.05) is 47.3 Å². The van der Waals surface area contributed by atoms with E-state index in [-0.39, 0.29) is 29.9 Å². The van der Waals surface area contributed by atoms with Crippen molar-refractivity contribution >= 4 is 35.8 Å². The van der Waals surface area contributed by atoms with Gasteiger partial charge in [0.25, 0.3) is 0 Å². The molecule has 27 heavy (non-hydrogen) atoms. The molecule has 1 aliphatic heterocycles. The molecule has 2 aliphatic rings. The van der Waals surface area contributed by atoms with Crippen LogP contribution in [0.4, 0.5) is 0 Å². The second-order valence-electron chi connectivity index (χ2n) is 7.91. The number of amides is 1. The van der Waals surface area contributed by atoms with E-state index >= 15 is 0 Å². The summed E-state index contributed by atoms with van der Waals surface area (Å²) in [5.74, 6) is 1.69. The van der Waals surface area contributed by atoms with Gasteiger partial charge in [0.15, 0.2) is 5.96 Å². The molecule has 0 radical (unpaired) electrons. The zero-order chi connectivity index (χ0) is 18.8. The first kappa shape index (κ1) is 24.5. The minimum atomic E-state index is 0. The van der Waals surface area contributed by atoms with Crippen molar-refractivity contribution in [3.63, 3.8) is 0 Å². The van der Waals surface area contributed by atoms with Gasteiger partial charge in [-0.25, -0.2) is 0 Å². The molecule has 1 saturated carbocycles. The van der Waals surface area contributed by atoms with E-state index in [1.54, 1.807) is 7.05 Å². The number of rotatable bonds is 7. The van der Waals surface area contributed by atoms with Crippen LogP contribution in [0.5, 0.6) is 0 Å². The summed E-state index contributed by atoms with van der Waals surface area (Å²) < 4.78 is 0. The lowest BCUT2D eigenvalue weighted by atomic mass is 9.93. The van der Waals surface area contributed by atoms with Gasteiger partial charge < -0.3 is 20.4 Å². The highest BCUT2D eigenvalue weighted by Crippen LogP contribution is 2.22. The summed E-state index contributed by atoms with van der Waals surface area (Å²) in [4.78, 5) is 20.9. The van der Waals surface area contributed by atoms with Gasteiger partial charge in [0.05, 0.1) is 0 Å². The predicted molar refractivity (Wildman–Crippen MR) is 124 cm³/mol. The zero-order valence-electron chi connectivity index (χ0n) is 17.5. The summed E-state index contributed by atoms with van der Waals surface area (Å²) in [6.07, 6.45) is 10.9. The maximum absolute atomic E-state index is 11.5. The highest BCUT2D eigenvalue weighted by molar-refractivity contribution is 14.0. The van der Waals surface area contributed by atoms with Crippen LogP contribution >= 0.6 is 24.0 Å². The molecular weight excluding hydrogens is 453 g/mol. The van der Waals surface area contributed by atoms with E-state index in [2.05, 4.69) is 32.5 Å². The Morgan fingerprint density at radius 2 is 1.81 bits per heavy atom. The largest absolute Gasteiger partial charge is 0.359 e. The average Bonchev–Trinajstić information content (AvgIpc) is 2.69. The van der Waals surface area contributed by atoms with Gasteiger partial charge in [-0.2, -0.15) is 0 Å². The van der Waals surface area contributed by atoms with Gasteiger partial charge in [0.2, 0.25) is 5.91 Å². The molecular formula is C20H40IN5O. The zero-order valence-corrected chi connectivity index (χ0v) is 19.8. The number of nitrogens with zero attached hydrogens (tertiary/aromatic N) is 3. The second kappa shape index (κ2) is 13.6. The monoisotopic (exact) mass is 493 g/mol. The fraction of sp³-hybridized carbons (Fsp3) is 0.900. The first-order valence-corrected chi connectivity index (χ1v) is 10.5. The van der Waals surface area contributed by atoms with E-state index in [1.165, 1.54) is 32.1 Å². The van der Waals surface area contributed by atoms with Crippen LogP contribution in [0.15, 0.2) is 4.99 Å². The molecule has 1 aliphatic carbocycles. The maximum atomic E-state index is 11.5. The Bertz CT molecular complexity index is 446. The van der Waals surface area contributed by atoms with Crippen LogP contribution in [0.1, 0.15) is 57.8 Å². The van der Waals surface area contributed by atoms with Crippen LogP contribution in [0.2, 0.25) is 0 Å². The molecule has 0 bridgehead atoms. The standard InChI is InChI=1S/C20H39N5O.HI/c1-21-19(26)16-17-10-14-25(15-11-17)20(22-2)23-12-7-13-24(3)18-8-5-4-6-9-18;/h17-18H,4-16H2,1-3H3,(H,21,26)(H,22,23);1H. The van der Waals surface area contributed by atoms with Crippen LogP contribution in [0.25, 0.3) is 0 Å². The first-order chi connectivity index (χ1) is 12.6. The molecule has 7 heteroatoms. The number of hydrogen-bond acceptors (Lipinski definition) is 3. The molecule has 0 unspecified atom stereocenters. The molecule has 0 aromatic heterocycles. The van der Waals surface area contributed by atoms with Gasteiger partial charge in [-0.15, -0.1) is 24.0 Å². The molecule has 6 nitrogen and oxygen atoms in total. The summed E-state index contributed by atoms with van der Waals surface area (Å²) in [6.45, 7) is 4.11. The summed E-state index contributed by atoms with van der Waals surface area (Å²) >= 11 is 0. The van der Waals surface area contributed by atoms with Crippen molar-refractivity contribution in [1.82, 2.24) is 20.4 Å². The van der Waals surface area contributed by atoms with Crippen molar-refractivity contribution < 1.29 is 4.79 Å². The lowest BCUT2D eigenvalue weighted by Gasteiger charge is -2.34. The first-order valence-electron chi connectivity index (χ1n) is 10.5. The van der Waals surface area contributed by atoms with Gasteiger partial charge in [-0.05, 0) is 51.6 Å². The minimum absolute atomic E-state index is 0. The van der Waals surface area contributed by atoms with Gasteiger partial charge in [-0.1, -0.05) is 19.3 Å². The fourth-order valence-electron chi connectivity index (χ4n) is 4.28. The number of halogens is 1. The number of aliphatic imine (C=N–C) groups is 1. The van der Waals surface area contributed by atoms with E-state index in [9.17, 15) is 4.79 Å². The number of carbonyl (C=O) groups is 1. The number of guanidine groups is 1. The number of nitrogens with one attached hydrogen (secondary N) is 2. The Kier molecular flexibility index (Phi) is 12.3. The van der Waals surface area contributed by atoms with E-state index in [4.69, 9.17) is 0 Å². The Labute approximate surface area is 182 Å². The third kappa shape index (κ3) is 8.54. The van der Waals surface area contributed by atoms with Crippen molar-refractivity contribution in [2.45, 2.75) is 63.8 Å². The number of carbonyl (C=O) groups excluding carboxylic acids is 1. The molecule has 2 N–H and O–H groups in total. The fourth-order valence-corrected chi connectivity index (χ4v) is 4.28. The van der Waals surface area contributed by atoms with E-state index in [1.807, 2.05) is 7.05 Å². The van der Waals surface area contributed by atoms with Crippen LogP contribution in [0, 0.1) is 5.92 Å². The molecule has 158 valence electrons. The highest BCUT2D eigenvalue weighted by atomic mass is 127. The molecule has 2 fully saturated rings. The molecule has 1 heterocycles. The van der Waals surface area contributed by atoms with Gasteiger partial charge >= 0.3 is 0 Å². The minimum Gasteiger partial charge on any atom is -0.359 e. The van der Waals surface area contributed by atoms with Crippen molar-refractivity contribution in [3.05, 3.63) is 0 Å². The molecule has 1 saturated heterocycles. The number of likely N-dealkylation sites (tertiary alicyclic amines) is 1. The maximum Gasteiger partial charge on any atom is 0.220 e. The van der Waals surface area contributed by atoms with Crippen molar-refractivity contribution in [3.8, 4) is 0 Å². The Balaban J connectivity index is 0.00000364. The summed E-state index contributed by atoms with van der Waals surface area (Å²) in [5.41, 5.74) is 0. The lowest BCUT2D eigenvalue weighted by Crippen LogP contribution is -2.46. The quantitative estimate of drug-likeness (QED) is 0.248. The SMILES string of the molecule is CN=C(NCCCN(C)C1CCCCC1)N1CCC(CC(=O)NC)CC1.I. The summed E-state index contributed by atoms with van der Waals surface area (Å²) in [7, 11) is 5.87. The Hall–Kier alpha value is -0.570. The Morgan fingerprint density at radius 3 is 2.41 bits per heavy atom. The van der Waals surface area contributed by atoms with Gasteiger partial charge in [-0.3, -0.25) is 9.79 Å². The smallest absolute Gasteiger partial charge is 0.220 e. The molecule has 0 atom stereocenters. The summed E-state index contributed by atoms with van der Waals surface area (Å²) in [5, 5.41) is 6.27. The second-order valence-corrected chi connectivity index (χ2v) is 7.91. The molecule has 0 aromatic rings. The third-order valence-electron chi connectivity index (χ3n) is 6.05. The number of hydrogen-bond donors (Lipinski definition) is 2. The topological polar surface area (TPSA) is 60.0 Å². The predicted octanol–water partition coefficient (Wildman–Crippen LogP) is 2.68. The lowest BCUT2D eigenvalue weighted by molar-refractivity contribution is -0.121. The van der Waals surface area contributed by atoms with E-state index < -0.39 is 0 Å². The van der Waals surface area contributed by atoms with Crippen molar-refractivity contribution in [2.24, 2.45) is 10.9 Å². The molecule has 2 rings (SSSR count). The van der Waals surface area contributed by atoms with Gasteiger partial charge in [0, 0.05) is 46.2 Å². The highest BCUT2D eigenvalue weighted by Gasteiger charge is 2.23. The Morgan fingerprint density at radius 1 is 1.15 bits per heavy atom. The molecule has 1 amide bonds. The third-order valence-corrected chi connectivity index (χ3v) is 6.05. The van der Waals surface area contributed by atoms with Gasteiger partial charge in [0.1, 0.15) is 0 Å². The van der Waals surface area contributed by atoms with Crippen LogP contribution in [0.3, 0.4) is 0 Å². The summed E-state index contributed by atoms with van der Waals surface area (Å²) in [6, 6.07) is 0.794. The normalized spacial score (nSPS) is 19.7. The van der Waals surface area contributed by atoms with Crippen LogP contribution in [-0.4, -0.2) is 75.0 Å². The molecule has 0 aromatic carbocycles. The number of piperidine rings is 1.